The van der Waals surface area contributed by atoms with Crippen molar-refractivity contribution in [2.45, 2.75) is 30.8 Å². The third kappa shape index (κ3) is 7.26. The minimum Gasteiger partial charge on any atom is -0.355 e. The summed E-state index contributed by atoms with van der Waals surface area (Å²) in [5, 5.41) is 3.81. The minimum atomic E-state index is -0.705. The zero-order valence-electron chi connectivity index (χ0n) is 18.3. The summed E-state index contributed by atoms with van der Waals surface area (Å²) in [6.45, 7) is 2.47. The standard InChI is InChI=1S/C26H26Cl2N2O2S/c1-2-29-26(32)24(16-19-10-5-3-6-11-19)30(17-21-22(27)14-9-15-23(21)28)25(31)18-33-20-12-7-4-8-13-20/h3-15,24H,2,16-18H2,1H3,(H,29,32)/t24-/m1/s1. The largest absolute Gasteiger partial charge is 0.355 e. The van der Waals surface area contributed by atoms with Crippen molar-refractivity contribution in [2.24, 2.45) is 0 Å². The summed E-state index contributed by atoms with van der Waals surface area (Å²) in [4.78, 5) is 29.3. The second kappa shape index (κ2) is 12.7. The lowest BCUT2D eigenvalue weighted by molar-refractivity contribution is -0.139. The Labute approximate surface area is 209 Å². The fourth-order valence-corrected chi connectivity index (χ4v) is 4.77. The Morgan fingerprint density at radius 3 is 2.12 bits per heavy atom. The van der Waals surface area contributed by atoms with Gasteiger partial charge in [-0.05, 0) is 36.8 Å². The molecule has 172 valence electrons. The number of nitrogens with one attached hydrogen (secondary N) is 1. The van der Waals surface area contributed by atoms with Crippen LogP contribution in [0.1, 0.15) is 18.1 Å². The quantitative estimate of drug-likeness (QED) is 0.354. The van der Waals surface area contributed by atoms with Gasteiger partial charge in [0.25, 0.3) is 0 Å². The molecule has 4 nitrogen and oxygen atoms in total. The van der Waals surface area contributed by atoms with Crippen molar-refractivity contribution in [1.29, 1.82) is 0 Å². The number of carbonyl (C=O) groups excluding carboxylic acids is 2. The van der Waals surface area contributed by atoms with E-state index in [0.717, 1.165) is 10.5 Å². The molecular formula is C26H26Cl2N2O2S. The number of amides is 2. The van der Waals surface area contributed by atoms with Gasteiger partial charge in [-0.1, -0.05) is 77.8 Å². The van der Waals surface area contributed by atoms with E-state index >= 15 is 0 Å². The fraction of sp³-hybridized carbons (Fsp3) is 0.231. The SMILES string of the molecule is CCNC(=O)[C@@H](Cc1ccccc1)N(Cc1c(Cl)cccc1Cl)C(=O)CSc1ccccc1. The van der Waals surface area contributed by atoms with E-state index in [1.165, 1.54) is 11.8 Å². The predicted molar refractivity (Wildman–Crippen MR) is 137 cm³/mol. The summed E-state index contributed by atoms with van der Waals surface area (Å²) in [5.41, 5.74) is 1.59. The highest BCUT2D eigenvalue weighted by Crippen LogP contribution is 2.28. The number of rotatable bonds is 10. The van der Waals surface area contributed by atoms with Crippen molar-refractivity contribution in [2.75, 3.05) is 12.3 Å². The number of hydrogen-bond acceptors (Lipinski definition) is 3. The van der Waals surface area contributed by atoms with Crippen LogP contribution >= 0.6 is 35.0 Å². The van der Waals surface area contributed by atoms with E-state index < -0.39 is 6.04 Å². The summed E-state index contributed by atoms with van der Waals surface area (Å²) in [7, 11) is 0. The van der Waals surface area contributed by atoms with Crippen molar-refractivity contribution < 1.29 is 9.59 Å². The molecule has 0 radical (unpaired) electrons. The van der Waals surface area contributed by atoms with Crippen LogP contribution in [0.15, 0.2) is 83.8 Å². The first kappa shape index (κ1) is 25.2. The van der Waals surface area contributed by atoms with Crippen molar-refractivity contribution in [3.63, 3.8) is 0 Å². The van der Waals surface area contributed by atoms with Gasteiger partial charge in [0, 0.05) is 40.0 Å². The van der Waals surface area contributed by atoms with E-state index in [0.29, 0.717) is 28.6 Å². The predicted octanol–water partition coefficient (Wildman–Crippen LogP) is 5.86. The van der Waals surface area contributed by atoms with Crippen LogP contribution in [-0.4, -0.2) is 35.1 Å². The Morgan fingerprint density at radius 1 is 0.909 bits per heavy atom. The Morgan fingerprint density at radius 2 is 1.52 bits per heavy atom. The molecule has 0 bridgehead atoms. The number of carbonyl (C=O) groups is 2. The maximum absolute atomic E-state index is 13.5. The number of halogens is 2. The van der Waals surface area contributed by atoms with Gasteiger partial charge in [0.15, 0.2) is 0 Å². The zero-order chi connectivity index (χ0) is 23.6. The molecular weight excluding hydrogens is 475 g/mol. The Balaban J connectivity index is 1.93. The van der Waals surface area contributed by atoms with Crippen LogP contribution in [0, 0.1) is 0 Å². The van der Waals surface area contributed by atoms with E-state index in [2.05, 4.69) is 5.32 Å². The summed E-state index contributed by atoms with van der Waals surface area (Å²) in [5.74, 6) is -0.175. The summed E-state index contributed by atoms with van der Waals surface area (Å²) in [6, 6.07) is 23.9. The minimum absolute atomic E-state index is 0.140. The molecule has 3 aromatic rings. The fourth-order valence-electron chi connectivity index (χ4n) is 3.44. The Bertz CT molecular complexity index is 1040. The van der Waals surface area contributed by atoms with Gasteiger partial charge >= 0.3 is 0 Å². The molecule has 0 saturated heterocycles. The van der Waals surface area contributed by atoms with Crippen LogP contribution in [-0.2, 0) is 22.6 Å². The highest BCUT2D eigenvalue weighted by Gasteiger charge is 2.31. The van der Waals surface area contributed by atoms with E-state index in [1.54, 1.807) is 23.1 Å². The topological polar surface area (TPSA) is 49.4 Å². The van der Waals surface area contributed by atoms with E-state index in [1.807, 2.05) is 67.6 Å². The maximum atomic E-state index is 13.5. The summed E-state index contributed by atoms with van der Waals surface area (Å²) < 4.78 is 0. The second-order valence-corrected chi connectivity index (χ2v) is 9.29. The lowest BCUT2D eigenvalue weighted by Crippen LogP contribution is -2.51. The molecule has 1 N–H and O–H groups in total. The van der Waals surface area contributed by atoms with E-state index in [-0.39, 0.29) is 24.1 Å². The molecule has 33 heavy (non-hydrogen) atoms. The van der Waals surface area contributed by atoms with Gasteiger partial charge in [-0.3, -0.25) is 9.59 Å². The maximum Gasteiger partial charge on any atom is 0.243 e. The molecule has 0 spiro atoms. The lowest BCUT2D eigenvalue weighted by Gasteiger charge is -2.32. The molecule has 0 heterocycles. The average molecular weight is 501 g/mol. The highest BCUT2D eigenvalue weighted by atomic mass is 35.5. The number of thioether (sulfide) groups is 1. The number of hydrogen-bond donors (Lipinski definition) is 1. The second-order valence-electron chi connectivity index (χ2n) is 7.42. The van der Waals surface area contributed by atoms with Crippen LogP contribution < -0.4 is 5.32 Å². The van der Waals surface area contributed by atoms with Crippen molar-refractivity contribution in [3.05, 3.63) is 100 Å². The molecule has 0 fully saturated rings. The van der Waals surface area contributed by atoms with E-state index in [9.17, 15) is 9.59 Å². The van der Waals surface area contributed by atoms with Crippen LogP contribution in [0.25, 0.3) is 0 Å². The monoisotopic (exact) mass is 500 g/mol. The average Bonchev–Trinajstić information content (AvgIpc) is 2.83. The molecule has 2 amide bonds. The van der Waals surface area contributed by atoms with Gasteiger partial charge in [-0.2, -0.15) is 0 Å². The normalized spacial score (nSPS) is 11.6. The molecule has 0 aliphatic carbocycles. The zero-order valence-corrected chi connectivity index (χ0v) is 20.7. The third-order valence-corrected chi connectivity index (χ3v) is 6.82. The van der Waals surface area contributed by atoms with Crippen LogP contribution in [0.4, 0.5) is 0 Å². The van der Waals surface area contributed by atoms with Crippen LogP contribution in [0.3, 0.4) is 0 Å². The van der Waals surface area contributed by atoms with Gasteiger partial charge in [-0.15, -0.1) is 11.8 Å². The van der Waals surface area contributed by atoms with Gasteiger partial charge in [0.1, 0.15) is 6.04 Å². The van der Waals surface area contributed by atoms with Crippen LogP contribution in [0.2, 0.25) is 10.0 Å². The molecule has 1 atom stereocenters. The van der Waals surface area contributed by atoms with E-state index in [4.69, 9.17) is 23.2 Å². The van der Waals surface area contributed by atoms with Crippen molar-refractivity contribution >= 4 is 46.8 Å². The first-order valence-corrected chi connectivity index (χ1v) is 12.5. The van der Waals surface area contributed by atoms with Gasteiger partial charge in [0.05, 0.1) is 5.75 Å². The van der Waals surface area contributed by atoms with Crippen molar-refractivity contribution in [1.82, 2.24) is 10.2 Å². The van der Waals surface area contributed by atoms with Crippen LogP contribution in [0.5, 0.6) is 0 Å². The molecule has 3 aromatic carbocycles. The first-order chi connectivity index (χ1) is 16.0. The first-order valence-electron chi connectivity index (χ1n) is 10.7. The molecule has 0 aliphatic rings. The Kier molecular flexibility index (Phi) is 9.67. The highest BCUT2D eigenvalue weighted by molar-refractivity contribution is 8.00. The smallest absolute Gasteiger partial charge is 0.243 e. The molecule has 3 rings (SSSR count). The number of benzene rings is 3. The molecule has 0 aliphatic heterocycles. The van der Waals surface area contributed by atoms with Gasteiger partial charge in [0.2, 0.25) is 11.8 Å². The molecule has 0 unspecified atom stereocenters. The lowest BCUT2D eigenvalue weighted by atomic mass is 10.0. The summed E-state index contributed by atoms with van der Waals surface area (Å²) >= 11 is 14.3. The molecule has 0 saturated carbocycles. The number of nitrogens with zero attached hydrogens (tertiary/aromatic N) is 1. The number of likely N-dealkylation sites (N-methyl/N-ethyl adjacent to an activating group) is 1. The van der Waals surface area contributed by atoms with Crippen molar-refractivity contribution in [3.8, 4) is 0 Å². The third-order valence-electron chi connectivity index (χ3n) is 5.12. The molecule has 0 aromatic heterocycles. The Hall–Kier alpha value is -2.47. The molecule has 7 heteroatoms. The van der Waals surface area contributed by atoms with Gasteiger partial charge < -0.3 is 10.2 Å². The summed E-state index contributed by atoms with van der Waals surface area (Å²) in [6.07, 6.45) is 0.385. The van der Waals surface area contributed by atoms with Gasteiger partial charge in [-0.25, -0.2) is 0 Å².